The highest BCUT2D eigenvalue weighted by atomic mass is 32.2. The van der Waals surface area contributed by atoms with Crippen molar-refractivity contribution in [1.82, 2.24) is 15.0 Å². The summed E-state index contributed by atoms with van der Waals surface area (Å²) in [5, 5.41) is 0.562. The molecule has 5 rings (SSSR count). The lowest BCUT2D eigenvalue weighted by Gasteiger charge is -2.08. The molecule has 2 aromatic carbocycles. The van der Waals surface area contributed by atoms with Crippen LogP contribution in [0.15, 0.2) is 60.9 Å². The van der Waals surface area contributed by atoms with Crippen molar-refractivity contribution in [3.63, 3.8) is 0 Å². The Balaban J connectivity index is 1.49. The fourth-order valence-electron chi connectivity index (χ4n) is 3.28. The average Bonchev–Trinajstić information content (AvgIpc) is 3.49. The second-order valence-electron chi connectivity index (χ2n) is 7.10. The molecule has 2 aromatic heterocycles. The van der Waals surface area contributed by atoms with Gasteiger partial charge in [-0.05, 0) is 60.9 Å². The average molecular weight is 408 g/mol. The van der Waals surface area contributed by atoms with Crippen LogP contribution in [0, 0.1) is 5.82 Å². The molecule has 0 spiro atoms. The van der Waals surface area contributed by atoms with Gasteiger partial charge in [0.2, 0.25) is 10.0 Å². The van der Waals surface area contributed by atoms with E-state index in [1.807, 2.05) is 18.2 Å². The third-order valence-electron chi connectivity index (χ3n) is 4.96. The van der Waals surface area contributed by atoms with Crippen molar-refractivity contribution >= 4 is 26.7 Å². The van der Waals surface area contributed by atoms with Crippen LogP contribution < -0.4 is 4.72 Å². The van der Waals surface area contributed by atoms with Gasteiger partial charge >= 0.3 is 0 Å². The van der Waals surface area contributed by atoms with E-state index in [0.29, 0.717) is 11.3 Å². The fourth-order valence-corrected chi connectivity index (χ4v) is 4.66. The standard InChI is InChI=1S/C21H17FN4O2S/c22-15-5-1-13(2-6-15)19-11-18-20(23-12-24-21(18)25-19)14-3-7-16(8-4-14)26-29(27,28)17-9-10-17/h1-8,11-12,17,26H,9-10H2,(H,23,24,25). The van der Waals surface area contributed by atoms with Crippen molar-refractivity contribution in [1.29, 1.82) is 0 Å². The number of benzene rings is 2. The zero-order valence-electron chi connectivity index (χ0n) is 15.3. The summed E-state index contributed by atoms with van der Waals surface area (Å²) in [5.74, 6) is -0.289. The summed E-state index contributed by atoms with van der Waals surface area (Å²) in [5.41, 5.74) is 4.45. The Labute approximate surface area is 166 Å². The molecule has 0 aliphatic heterocycles. The van der Waals surface area contributed by atoms with Gasteiger partial charge < -0.3 is 4.98 Å². The summed E-state index contributed by atoms with van der Waals surface area (Å²) >= 11 is 0. The SMILES string of the molecule is O=S(=O)(Nc1ccc(-c2ncnc3[nH]c(-c4ccc(F)cc4)cc23)cc1)C1CC1. The highest BCUT2D eigenvalue weighted by molar-refractivity contribution is 7.93. The molecule has 0 bridgehead atoms. The topological polar surface area (TPSA) is 87.7 Å². The normalized spacial score (nSPS) is 14.2. The van der Waals surface area contributed by atoms with Gasteiger partial charge in [-0.3, -0.25) is 4.72 Å². The van der Waals surface area contributed by atoms with Crippen LogP contribution in [-0.4, -0.2) is 28.6 Å². The predicted molar refractivity (Wildman–Crippen MR) is 110 cm³/mol. The van der Waals surface area contributed by atoms with Gasteiger partial charge in [-0.1, -0.05) is 12.1 Å². The molecule has 0 unspecified atom stereocenters. The van der Waals surface area contributed by atoms with E-state index < -0.39 is 10.0 Å². The highest BCUT2D eigenvalue weighted by Crippen LogP contribution is 2.32. The van der Waals surface area contributed by atoms with Crippen LogP contribution in [-0.2, 0) is 10.0 Å². The number of hydrogen-bond acceptors (Lipinski definition) is 4. The molecule has 8 heteroatoms. The lowest BCUT2D eigenvalue weighted by atomic mass is 10.1. The minimum Gasteiger partial charge on any atom is -0.339 e. The van der Waals surface area contributed by atoms with Gasteiger partial charge in [-0.15, -0.1) is 0 Å². The van der Waals surface area contributed by atoms with Gasteiger partial charge in [-0.25, -0.2) is 22.8 Å². The second-order valence-corrected chi connectivity index (χ2v) is 9.06. The first kappa shape index (κ1) is 17.8. The van der Waals surface area contributed by atoms with Crippen molar-refractivity contribution in [3.8, 4) is 22.5 Å². The molecule has 6 nitrogen and oxygen atoms in total. The molecule has 1 saturated carbocycles. The summed E-state index contributed by atoms with van der Waals surface area (Å²) in [6.45, 7) is 0. The Morgan fingerprint density at radius 1 is 0.966 bits per heavy atom. The molecule has 0 amide bonds. The number of sulfonamides is 1. The first-order chi connectivity index (χ1) is 14.0. The van der Waals surface area contributed by atoms with E-state index in [0.717, 1.165) is 40.7 Å². The lowest BCUT2D eigenvalue weighted by Crippen LogP contribution is -2.17. The fraction of sp³-hybridized carbons (Fsp3) is 0.143. The number of aromatic nitrogens is 3. The van der Waals surface area contributed by atoms with Gasteiger partial charge in [0.1, 0.15) is 17.8 Å². The third kappa shape index (κ3) is 3.47. The van der Waals surface area contributed by atoms with Crippen LogP contribution in [0.25, 0.3) is 33.5 Å². The number of aromatic amines is 1. The molecule has 29 heavy (non-hydrogen) atoms. The van der Waals surface area contributed by atoms with Gasteiger partial charge in [0.25, 0.3) is 0 Å². The molecule has 2 N–H and O–H groups in total. The summed E-state index contributed by atoms with van der Waals surface area (Å²) in [7, 11) is -3.29. The van der Waals surface area contributed by atoms with Gasteiger partial charge in [0, 0.05) is 22.3 Å². The smallest absolute Gasteiger partial charge is 0.235 e. The van der Waals surface area contributed by atoms with E-state index in [4.69, 9.17) is 0 Å². The Hall–Kier alpha value is -3.26. The first-order valence-electron chi connectivity index (χ1n) is 9.21. The van der Waals surface area contributed by atoms with Crippen molar-refractivity contribution in [2.75, 3.05) is 4.72 Å². The largest absolute Gasteiger partial charge is 0.339 e. The Morgan fingerprint density at radius 2 is 1.66 bits per heavy atom. The maximum Gasteiger partial charge on any atom is 0.235 e. The molecular formula is C21H17FN4O2S. The van der Waals surface area contributed by atoms with Crippen molar-refractivity contribution < 1.29 is 12.8 Å². The summed E-state index contributed by atoms with van der Waals surface area (Å²) in [6, 6.07) is 15.3. The van der Waals surface area contributed by atoms with E-state index in [2.05, 4.69) is 19.7 Å². The molecule has 146 valence electrons. The molecule has 1 fully saturated rings. The van der Waals surface area contributed by atoms with Crippen molar-refractivity contribution in [2.45, 2.75) is 18.1 Å². The van der Waals surface area contributed by atoms with Crippen LogP contribution >= 0.6 is 0 Å². The predicted octanol–water partition coefficient (Wildman–Crippen LogP) is 4.34. The van der Waals surface area contributed by atoms with E-state index in [1.54, 1.807) is 24.3 Å². The van der Waals surface area contributed by atoms with Gasteiger partial charge in [-0.2, -0.15) is 0 Å². The number of hydrogen-bond donors (Lipinski definition) is 2. The highest BCUT2D eigenvalue weighted by Gasteiger charge is 2.35. The summed E-state index contributed by atoms with van der Waals surface area (Å²) in [4.78, 5) is 11.9. The molecule has 1 aliphatic rings. The van der Waals surface area contributed by atoms with Crippen LogP contribution in [0.2, 0.25) is 0 Å². The number of halogens is 1. The van der Waals surface area contributed by atoms with E-state index in [9.17, 15) is 12.8 Å². The summed E-state index contributed by atoms with van der Waals surface area (Å²) < 4.78 is 40.0. The minimum atomic E-state index is -3.29. The van der Waals surface area contributed by atoms with E-state index >= 15 is 0 Å². The molecular weight excluding hydrogens is 391 g/mol. The second kappa shape index (κ2) is 6.66. The number of anilines is 1. The molecule has 0 radical (unpaired) electrons. The zero-order valence-corrected chi connectivity index (χ0v) is 16.1. The van der Waals surface area contributed by atoms with E-state index in [1.165, 1.54) is 18.5 Å². The van der Waals surface area contributed by atoms with Crippen LogP contribution in [0.4, 0.5) is 10.1 Å². The monoisotopic (exact) mass is 408 g/mol. The zero-order chi connectivity index (χ0) is 20.0. The Bertz CT molecular complexity index is 1300. The molecule has 1 aliphatic carbocycles. The molecule has 4 aromatic rings. The van der Waals surface area contributed by atoms with Crippen LogP contribution in [0.3, 0.4) is 0 Å². The lowest BCUT2D eigenvalue weighted by molar-refractivity contribution is 0.600. The summed E-state index contributed by atoms with van der Waals surface area (Å²) in [6.07, 6.45) is 2.92. The number of H-pyrrole nitrogens is 1. The number of rotatable bonds is 5. The number of nitrogens with zero attached hydrogens (tertiary/aromatic N) is 2. The number of fused-ring (bicyclic) bond motifs is 1. The quantitative estimate of drug-likeness (QED) is 0.514. The van der Waals surface area contributed by atoms with Gasteiger partial charge in [0.15, 0.2) is 0 Å². The molecule has 2 heterocycles. The van der Waals surface area contributed by atoms with Crippen molar-refractivity contribution in [2.24, 2.45) is 0 Å². The molecule has 0 atom stereocenters. The van der Waals surface area contributed by atoms with E-state index in [-0.39, 0.29) is 11.1 Å². The Kier molecular flexibility index (Phi) is 4.09. The third-order valence-corrected chi connectivity index (χ3v) is 6.83. The number of nitrogens with one attached hydrogen (secondary N) is 2. The maximum atomic E-state index is 13.2. The molecule has 0 saturated heterocycles. The Morgan fingerprint density at radius 3 is 2.34 bits per heavy atom. The van der Waals surface area contributed by atoms with Crippen LogP contribution in [0.5, 0.6) is 0 Å². The first-order valence-corrected chi connectivity index (χ1v) is 10.8. The maximum absolute atomic E-state index is 13.2. The van der Waals surface area contributed by atoms with Crippen molar-refractivity contribution in [3.05, 3.63) is 66.7 Å². The van der Waals surface area contributed by atoms with Crippen LogP contribution in [0.1, 0.15) is 12.8 Å². The van der Waals surface area contributed by atoms with Gasteiger partial charge in [0.05, 0.1) is 10.9 Å². The minimum absolute atomic E-state index is 0.270.